The van der Waals surface area contributed by atoms with Crippen LogP contribution >= 0.6 is 23.3 Å². The summed E-state index contributed by atoms with van der Waals surface area (Å²) in [6.45, 7) is 9.53. The summed E-state index contributed by atoms with van der Waals surface area (Å²) in [5.41, 5.74) is 3.25. The lowest BCUT2D eigenvalue weighted by atomic mass is 10.1. The first-order valence-corrected chi connectivity index (χ1v) is 12.6. The molecule has 3 heterocycles. The molecule has 0 radical (unpaired) electrons. The Morgan fingerprint density at radius 2 is 1.82 bits per heavy atom. The summed E-state index contributed by atoms with van der Waals surface area (Å²) in [5.74, 6) is -0.533. The molecule has 1 aromatic carbocycles. The smallest absolute Gasteiger partial charge is 0.149 e. The molecule has 10 heteroatoms. The minimum absolute atomic E-state index is 0.130. The zero-order valence-corrected chi connectivity index (χ0v) is 20.7. The first-order chi connectivity index (χ1) is 16.3. The molecule has 0 spiro atoms. The van der Waals surface area contributed by atoms with Crippen LogP contribution in [-0.4, -0.2) is 27.8 Å². The number of anilines is 2. The van der Waals surface area contributed by atoms with E-state index in [0.717, 1.165) is 26.0 Å². The highest BCUT2D eigenvalue weighted by Gasteiger charge is 2.32. The van der Waals surface area contributed by atoms with Gasteiger partial charge in [-0.05, 0) is 48.6 Å². The van der Waals surface area contributed by atoms with Crippen molar-refractivity contribution in [1.29, 1.82) is 0 Å². The van der Waals surface area contributed by atoms with Crippen LogP contribution in [0.2, 0.25) is 0 Å². The van der Waals surface area contributed by atoms with Crippen LogP contribution in [0.5, 0.6) is 0 Å². The van der Waals surface area contributed by atoms with Gasteiger partial charge < -0.3 is 15.1 Å². The Morgan fingerprint density at radius 1 is 1.12 bits per heavy atom. The SMILES string of the molecule is C=C1c2cc(SNC3CC3)sc2N(Cc2cc(F)c(NC)c(F)c2)C(=C)N1Cc1cnn(C)c1. The highest BCUT2D eigenvalue weighted by atomic mass is 32.2. The lowest BCUT2D eigenvalue weighted by Gasteiger charge is -2.40. The molecule has 0 bridgehead atoms. The van der Waals surface area contributed by atoms with Crippen molar-refractivity contribution in [2.24, 2.45) is 7.05 Å². The Labute approximate surface area is 206 Å². The highest BCUT2D eigenvalue weighted by molar-refractivity contribution is 7.99. The lowest BCUT2D eigenvalue weighted by molar-refractivity contribution is 0.456. The average Bonchev–Trinajstić information content (AvgIpc) is 3.38. The molecule has 1 aliphatic carbocycles. The van der Waals surface area contributed by atoms with Crippen LogP contribution in [-0.2, 0) is 20.1 Å². The molecule has 0 saturated heterocycles. The summed E-state index contributed by atoms with van der Waals surface area (Å²) < 4.78 is 35.3. The normalized spacial score (nSPS) is 15.8. The van der Waals surface area contributed by atoms with E-state index in [4.69, 9.17) is 0 Å². The number of hydrogen-bond acceptors (Lipinski definition) is 7. The van der Waals surface area contributed by atoms with Crippen LogP contribution in [0.15, 0.2) is 53.8 Å². The molecular formula is C24H26F2N6S2. The molecule has 6 nitrogen and oxygen atoms in total. The molecule has 178 valence electrons. The van der Waals surface area contributed by atoms with Crippen molar-refractivity contribution in [1.82, 2.24) is 19.4 Å². The number of nitrogens with zero attached hydrogens (tertiary/aromatic N) is 4. The summed E-state index contributed by atoms with van der Waals surface area (Å²) in [6.07, 6.45) is 6.17. The van der Waals surface area contributed by atoms with Crippen LogP contribution in [0.3, 0.4) is 0 Å². The molecule has 2 aromatic heterocycles. The van der Waals surface area contributed by atoms with Crippen LogP contribution in [0.1, 0.15) is 29.5 Å². The fourth-order valence-electron chi connectivity index (χ4n) is 3.95. The van der Waals surface area contributed by atoms with Gasteiger partial charge in [0.2, 0.25) is 0 Å². The zero-order valence-electron chi connectivity index (χ0n) is 19.1. The molecular weight excluding hydrogens is 474 g/mol. The number of aryl methyl sites for hydroxylation is 1. The molecule has 3 aromatic rings. The summed E-state index contributed by atoms with van der Waals surface area (Å²) in [5, 5.41) is 7.81. The Bertz CT molecular complexity index is 1240. The molecule has 0 amide bonds. The van der Waals surface area contributed by atoms with Gasteiger partial charge in [-0.2, -0.15) is 5.10 Å². The monoisotopic (exact) mass is 500 g/mol. The van der Waals surface area contributed by atoms with E-state index in [0.29, 0.717) is 24.0 Å². The molecule has 0 unspecified atom stereocenters. The molecule has 2 aliphatic rings. The van der Waals surface area contributed by atoms with E-state index in [-0.39, 0.29) is 12.2 Å². The standard InChI is InChI=1S/C24H26F2N6S2/c1-14-19-9-22(34-29-18-5-6-18)33-24(19)32(12-16-7-20(25)23(27-3)21(26)8-16)15(2)31(14)13-17-10-28-30(4)11-17/h7-11,18,27,29H,1-2,5-6,12-13H2,3-4H3. The molecule has 1 fully saturated rings. The van der Waals surface area contributed by atoms with Gasteiger partial charge in [-0.3, -0.25) is 9.40 Å². The van der Waals surface area contributed by atoms with E-state index in [1.165, 1.54) is 32.0 Å². The Kier molecular flexibility index (Phi) is 6.13. The second-order valence-electron chi connectivity index (χ2n) is 8.52. The fourth-order valence-corrected chi connectivity index (χ4v) is 6.12. The average molecular weight is 501 g/mol. The third-order valence-electron chi connectivity index (χ3n) is 5.89. The topological polar surface area (TPSA) is 48.4 Å². The van der Waals surface area contributed by atoms with E-state index in [1.807, 2.05) is 29.2 Å². The van der Waals surface area contributed by atoms with Gasteiger partial charge in [-0.1, -0.05) is 13.2 Å². The molecule has 34 heavy (non-hydrogen) atoms. The van der Waals surface area contributed by atoms with Crippen molar-refractivity contribution in [3.63, 3.8) is 0 Å². The second-order valence-corrected chi connectivity index (χ2v) is 10.7. The van der Waals surface area contributed by atoms with Crippen molar-refractivity contribution in [2.75, 3.05) is 17.3 Å². The summed E-state index contributed by atoms with van der Waals surface area (Å²) in [4.78, 5) is 4.04. The highest BCUT2D eigenvalue weighted by Crippen LogP contribution is 2.47. The number of thiophene rings is 1. The van der Waals surface area contributed by atoms with Gasteiger partial charge in [0.1, 0.15) is 28.1 Å². The number of aromatic nitrogens is 2. The first-order valence-electron chi connectivity index (χ1n) is 11.0. The lowest BCUT2D eigenvalue weighted by Crippen LogP contribution is -2.37. The number of halogens is 2. The summed E-state index contributed by atoms with van der Waals surface area (Å²) in [6, 6.07) is 5.43. The first kappa shape index (κ1) is 22.9. The Hall–Kier alpha value is -2.82. The molecule has 0 atom stereocenters. The zero-order chi connectivity index (χ0) is 24.0. The summed E-state index contributed by atoms with van der Waals surface area (Å²) >= 11 is 3.26. The van der Waals surface area contributed by atoms with Crippen molar-refractivity contribution in [3.8, 4) is 0 Å². The second kappa shape index (κ2) is 9.09. The van der Waals surface area contributed by atoms with Crippen molar-refractivity contribution in [3.05, 3.63) is 77.9 Å². The van der Waals surface area contributed by atoms with E-state index in [9.17, 15) is 8.78 Å². The van der Waals surface area contributed by atoms with Crippen LogP contribution in [0.25, 0.3) is 5.70 Å². The third kappa shape index (κ3) is 4.45. The molecule has 2 N–H and O–H groups in total. The van der Waals surface area contributed by atoms with E-state index in [1.54, 1.807) is 28.0 Å². The molecule has 5 rings (SSSR count). The number of fused-ring (bicyclic) bond motifs is 1. The minimum Gasteiger partial charge on any atom is -0.383 e. The van der Waals surface area contributed by atoms with Crippen LogP contribution < -0.4 is 14.9 Å². The van der Waals surface area contributed by atoms with Gasteiger partial charge in [0, 0.05) is 43.2 Å². The van der Waals surface area contributed by atoms with Gasteiger partial charge >= 0.3 is 0 Å². The number of hydrogen-bond donors (Lipinski definition) is 2. The van der Waals surface area contributed by atoms with E-state index < -0.39 is 11.6 Å². The van der Waals surface area contributed by atoms with Crippen LogP contribution in [0.4, 0.5) is 19.5 Å². The third-order valence-corrected chi connectivity index (χ3v) is 8.11. The molecule has 1 aliphatic heterocycles. The number of benzene rings is 1. The maximum atomic E-state index is 14.5. The quantitative estimate of drug-likeness (QED) is 0.397. The Balaban J connectivity index is 1.49. The maximum Gasteiger partial charge on any atom is 0.149 e. The van der Waals surface area contributed by atoms with Gasteiger partial charge in [0.05, 0.1) is 23.5 Å². The van der Waals surface area contributed by atoms with Crippen LogP contribution in [0, 0.1) is 11.6 Å². The van der Waals surface area contributed by atoms with Gasteiger partial charge in [-0.25, -0.2) is 8.78 Å². The maximum absolute atomic E-state index is 14.5. The predicted octanol–water partition coefficient (Wildman–Crippen LogP) is 5.52. The number of nitrogens with one attached hydrogen (secondary N) is 2. The van der Waals surface area contributed by atoms with Crippen molar-refractivity contribution in [2.45, 2.75) is 36.2 Å². The van der Waals surface area contributed by atoms with Gasteiger partial charge in [0.15, 0.2) is 0 Å². The van der Waals surface area contributed by atoms with E-state index >= 15 is 0 Å². The number of rotatable bonds is 8. The van der Waals surface area contributed by atoms with E-state index in [2.05, 4.69) is 34.4 Å². The minimum atomic E-state index is -0.618. The van der Waals surface area contributed by atoms with Crippen molar-refractivity contribution >= 4 is 39.7 Å². The fraction of sp³-hybridized carbons (Fsp3) is 0.292. The van der Waals surface area contributed by atoms with Gasteiger partial charge in [-0.15, -0.1) is 11.3 Å². The summed E-state index contributed by atoms with van der Waals surface area (Å²) in [7, 11) is 3.38. The van der Waals surface area contributed by atoms with Gasteiger partial charge in [0.25, 0.3) is 0 Å². The largest absolute Gasteiger partial charge is 0.383 e. The van der Waals surface area contributed by atoms with Crippen molar-refractivity contribution < 1.29 is 8.78 Å². The predicted molar refractivity (Wildman–Crippen MR) is 135 cm³/mol. The Morgan fingerprint density at radius 3 is 2.44 bits per heavy atom. The molecule has 1 saturated carbocycles.